The third kappa shape index (κ3) is 3.36. The highest BCUT2D eigenvalue weighted by Gasteiger charge is 2.53. The van der Waals surface area contributed by atoms with E-state index < -0.39 is 0 Å². The number of fused-ring (bicyclic) bond motifs is 1. The number of aromatic hydroxyl groups is 1. The first kappa shape index (κ1) is 18.1. The van der Waals surface area contributed by atoms with E-state index in [9.17, 15) is 9.90 Å². The van der Waals surface area contributed by atoms with Gasteiger partial charge in [-0.15, -0.1) is 0 Å². The highest BCUT2D eigenvalue weighted by atomic mass is 16.5. The molecule has 138 valence electrons. The molecule has 7 heteroatoms. The number of aliphatic hydroxyl groups excluding tert-OH is 1. The van der Waals surface area contributed by atoms with Crippen LogP contribution in [0.3, 0.4) is 0 Å². The molecule has 25 heavy (non-hydrogen) atoms. The maximum Gasteiger partial charge on any atom is 0.258 e. The number of aryl methyl sites for hydroxylation is 1. The topological polar surface area (TPSA) is 92.1 Å². The fourth-order valence-corrected chi connectivity index (χ4v) is 4.15. The molecule has 0 bridgehead atoms. The molecule has 0 radical (unpaired) electrons. The minimum absolute atomic E-state index is 0.00148. The predicted octanol–water partition coefficient (Wildman–Crippen LogP) is 1.26. The molecule has 2 aliphatic rings. The van der Waals surface area contributed by atoms with E-state index in [-0.39, 0.29) is 41.6 Å². The summed E-state index contributed by atoms with van der Waals surface area (Å²) in [6.45, 7) is 2.67. The number of likely N-dealkylation sites (tertiary alicyclic amines) is 1. The minimum Gasteiger partial charge on any atom is -0.505 e. The van der Waals surface area contributed by atoms with Crippen molar-refractivity contribution in [1.29, 1.82) is 0 Å². The van der Waals surface area contributed by atoms with E-state index in [1.165, 1.54) is 6.20 Å². The molecule has 2 heterocycles. The number of aliphatic hydroxyl groups is 1. The Hall–Kier alpha value is -1.70. The number of rotatable bonds is 5. The molecule has 1 amide bonds. The monoisotopic (exact) mass is 350 g/mol. The molecule has 1 saturated heterocycles. The maximum atomic E-state index is 13.1. The Bertz CT molecular complexity index is 638. The zero-order valence-electron chi connectivity index (χ0n) is 14.8. The molecule has 1 aliphatic carbocycles. The van der Waals surface area contributed by atoms with Crippen LogP contribution < -0.4 is 0 Å². The molecule has 1 saturated carbocycles. The van der Waals surface area contributed by atoms with Crippen LogP contribution in [0.25, 0.3) is 0 Å². The lowest BCUT2D eigenvalue weighted by Crippen LogP contribution is -2.53. The van der Waals surface area contributed by atoms with Crippen LogP contribution in [0.1, 0.15) is 41.7 Å². The summed E-state index contributed by atoms with van der Waals surface area (Å²) in [4.78, 5) is 18.9. The molecule has 7 nitrogen and oxygen atoms in total. The van der Waals surface area contributed by atoms with Gasteiger partial charge < -0.3 is 24.6 Å². The summed E-state index contributed by atoms with van der Waals surface area (Å²) in [6.07, 6.45) is 4.43. The van der Waals surface area contributed by atoms with Gasteiger partial charge in [-0.25, -0.2) is 0 Å². The molecule has 2 unspecified atom stereocenters. The molecule has 2 N–H and O–H groups in total. The third-order valence-corrected chi connectivity index (χ3v) is 5.50. The number of hydrogen-bond acceptors (Lipinski definition) is 6. The van der Waals surface area contributed by atoms with Crippen molar-refractivity contribution in [3.8, 4) is 5.75 Å². The highest BCUT2D eigenvalue weighted by molar-refractivity contribution is 5.97. The zero-order chi connectivity index (χ0) is 18.0. The third-order valence-electron chi connectivity index (χ3n) is 5.50. The van der Waals surface area contributed by atoms with Crippen molar-refractivity contribution in [3.63, 3.8) is 0 Å². The smallest absolute Gasteiger partial charge is 0.258 e. The fourth-order valence-electron chi connectivity index (χ4n) is 4.15. The summed E-state index contributed by atoms with van der Waals surface area (Å²) in [6, 6.07) is 1.52. The first-order valence-electron chi connectivity index (χ1n) is 8.75. The number of amides is 1. The number of hydrogen-bond donors (Lipinski definition) is 2. The van der Waals surface area contributed by atoms with Gasteiger partial charge in [0.25, 0.3) is 5.91 Å². The molecule has 1 aromatic heterocycles. The van der Waals surface area contributed by atoms with Crippen molar-refractivity contribution >= 4 is 5.91 Å². The van der Waals surface area contributed by atoms with Crippen molar-refractivity contribution in [2.75, 3.05) is 26.9 Å². The fraction of sp³-hybridized carbons (Fsp3) is 0.667. The number of pyridine rings is 1. The second kappa shape index (κ2) is 7.27. The quantitative estimate of drug-likeness (QED) is 0.831. The Labute approximate surface area is 147 Å². The first-order valence-corrected chi connectivity index (χ1v) is 8.75. The Morgan fingerprint density at radius 3 is 3.00 bits per heavy atom. The lowest BCUT2D eigenvalue weighted by Gasteiger charge is -2.43. The zero-order valence-corrected chi connectivity index (χ0v) is 14.8. The Morgan fingerprint density at radius 2 is 2.28 bits per heavy atom. The predicted molar refractivity (Wildman–Crippen MR) is 90.5 cm³/mol. The molecule has 3 atom stereocenters. The lowest BCUT2D eigenvalue weighted by atomic mass is 9.79. The van der Waals surface area contributed by atoms with E-state index in [2.05, 4.69) is 4.98 Å². The number of nitrogens with zero attached hydrogens (tertiary/aromatic N) is 2. The van der Waals surface area contributed by atoms with E-state index >= 15 is 0 Å². The Kier molecular flexibility index (Phi) is 5.27. The van der Waals surface area contributed by atoms with E-state index in [0.29, 0.717) is 25.3 Å². The van der Waals surface area contributed by atoms with Gasteiger partial charge in [0.05, 0.1) is 42.7 Å². The van der Waals surface area contributed by atoms with Crippen molar-refractivity contribution in [3.05, 3.63) is 23.5 Å². The molecule has 1 aliphatic heterocycles. The number of carbonyl (C=O) groups is 1. The van der Waals surface area contributed by atoms with E-state index in [0.717, 1.165) is 19.3 Å². The van der Waals surface area contributed by atoms with E-state index in [4.69, 9.17) is 14.6 Å². The van der Waals surface area contributed by atoms with Crippen molar-refractivity contribution < 1.29 is 24.5 Å². The summed E-state index contributed by atoms with van der Waals surface area (Å²) >= 11 is 0. The van der Waals surface area contributed by atoms with Gasteiger partial charge in [0.15, 0.2) is 0 Å². The van der Waals surface area contributed by atoms with Crippen LogP contribution in [0.4, 0.5) is 0 Å². The number of ether oxygens (including phenoxy) is 2. The molecular weight excluding hydrogens is 324 g/mol. The molecule has 0 aromatic carbocycles. The Morgan fingerprint density at radius 1 is 1.48 bits per heavy atom. The lowest BCUT2D eigenvalue weighted by molar-refractivity contribution is -0.0992. The highest BCUT2D eigenvalue weighted by Crippen LogP contribution is 2.44. The average Bonchev–Trinajstić information content (AvgIpc) is 3.00. The summed E-state index contributed by atoms with van der Waals surface area (Å²) in [5.41, 5.74) is 0.607. The van der Waals surface area contributed by atoms with Crippen LogP contribution >= 0.6 is 0 Å². The normalized spacial score (nSPS) is 28.8. The van der Waals surface area contributed by atoms with Crippen LogP contribution in [0, 0.1) is 6.92 Å². The SMILES string of the molecule is CO[C@@]12CCC(OCCO)CC1N(C(=O)c1cc(C)ncc1O)CC2. The second-order valence-corrected chi connectivity index (χ2v) is 6.87. The van der Waals surface area contributed by atoms with Crippen LogP contribution in [0.5, 0.6) is 5.75 Å². The van der Waals surface area contributed by atoms with Crippen LogP contribution in [0.2, 0.25) is 0 Å². The van der Waals surface area contributed by atoms with Gasteiger partial charge in [0.1, 0.15) is 5.75 Å². The summed E-state index contributed by atoms with van der Waals surface area (Å²) in [5.74, 6) is -0.302. The summed E-state index contributed by atoms with van der Waals surface area (Å²) in [7, 11) is 1.70. The van der Waals surface area contributed by atoms with Crippen LogP contribution in [-0.4, -0.2) is 70.6 Å². The maximum absolute atomic E-state index is 13.1. The summed E-state index contributed by atoms with van der Waals surface area (Å²) < 4.78 is 11.6. The molecule has 2 fully saturated rings. The van der Waals surface area contributed by atoms with Gasteiger partial charge >= 0.3 is 0 Å². The van der Waals surface area contributed by atoms with Crippen LogP contribution in [0.15, 0.2) is 12.3 Å². The van der Waals surface area contributed by atoms with Gasteiger partial charge in [-0.3, -0.25) is 9.78 Å². The molecule has 1 aromatic rings. The van der Waals surface area contributed by atoms with Gasteiger partial charge in [0, 0.05) is 19.3 Å². The van der Waals surface area contributed by atoms with Gasteiger partial charge in [-0.1, -0.05) is 0 Å². The van der Waals surface area contributed by atoms with E-state index in [1.54, 1.807) is 25.0 Å². The van der Waals surface area contributed by atoms with Gasteiger partial charge in [-0.2, -0.15) is 0 Å². The van der Waals surface area contributed by atoms with Gasteiger partial charge in [-0.05, 0) is 38.7 Å². The largest absolute Gasteiger partial charge is 0.505 e. The molecule has 0 spiro atoms. The second-order valence-electron chi connectivity index (χ2n) is 6.87. The van der Waals surface area contributed by atoms with Gasteiger partial charge in [0.2, 0.25) is 0 Å². The number of methoxy groups -OCH3 is 1. The van der Waals surface area contributed by atoms with Crippen LogP contribution in [-0.2, 0) is 9.47 Å². The van der Waals surface area contributed by atoms with E-state index in [1.807, 2.05) is 0 Å². The molecular formula is C18H26N2O5. The average molecular weight is 350 g/mol. The van der Waals surface area contributed by atoms with Crippen molar-refractivity contribution in [1.82, 2.24) is 9.88 Å². The Balaban J connectivity index is 1.83. The first-order chi connectivity index (χ1) is 12.0. The number of aromatic nitrogens is 1. The number of carbonyl (C=O) groups excluding carboxylic acids is 1. The molecule has 3 rings (SSSR count). The minimum atomic E-state index is -0.355. The van der Waals surface area contributed by atoms with Crippen molar-refractivity contribution in [2.45, 2.75) is 50.4 Å². The summed E-state index contributed by atoms with van der Waals surface area (Å²) in [5, 5.41) is 19.0. The van der Waals surface area contributed by atoms with Crippen molar-refractivity contribution in [2.24, 2.45) is 0 Å². The standard InChI is InChI=1S/C18H26N2O5/c1-12-9-14(15(22)11-19-12)17(23)20-6-5-18(24-2)4-3-13(10-16(18)20)25-8-7-21/h9,11,13,16,21-22H,3-8,10H2,1-2H3/t13?,16?,18-/m1/s1.